The van der Waals surface area contributed by atoms with Crippen molar-refractivity contribution in [3.63, 3.8) is 0 Å². The molecular formula is C26H30ClN7O2S. The van der Waals surface area contributed by atoms with Crippen LogP contribution in [0.1, 0.15) is 38.2 Å². The number of benzene rings is 2. The average Bonchev–Trinajstić information content (AvgIpc) is 2.89. The van der Waals surface area contributed by atoms with Crippen LogP contribution in [-0.4, -0.2) is 42.8 Å². The van der Waals surface area contributed by atoms with Crippen molar-refractivity contribution in [3.05, 3.63) is 65.6 Å². The fourth-order valence-electron chi connectivity index (χ4n) is 4.72. The third-order valence-electron chi connectivity index (χ3n) is 6.74. The summed E-state index contributed by atoms with van der Waals surface area (Å²) in [4.78, 5) is 15.6. The molecule has 11 heteroatoms. The number of hydrogen-bond acceptors (Lipinski definition) is 8. The van der Waals surface area contributed by atoms with E-state index >= 15 is 0 Å². The Bertz CT molecular complexity index is 1470. The van der Waals surface area contributed by atoms with Crippen molar-refractivity contribution < 1.29 is 8.42 Å². The van der Waals surface area contributed by atoms with Crippen LogP contribution in [0.5, 0.6) is 0 Å². The van der Waals surface area contributed by atoms with E-state index in [9.17, 15) is 8.42 Å². The smallest absolute Gasteiger partial charge is 0.264 e. The SMILES string of the molecule is CCc1cc(N2C=CN=C(NS(=O)(=O)c3ccccc3Cl)C2)cc2cnc(NC3CCC(N)CC3)nc12. The zero-order valence-corrected chi connectivity index (χ0v) is 22.1. The number of nitrogens with two attached hydrogens (primary N) is 1. The Kier molecular flexibility index (Phi) is 7.32. The molecule has 9 nitrogen and oxygen atoms in total. The zero-order valence-electron chi connectivity index (χ0n) is 20.6. The molecule has 3 aromatic rings. The van der Waals surface area contributed by atoms with Crippen LogP contribution in [0, 0.1) is 0 Å². The number of anilines is 2. The molecule has 2 aliphatic rings. The van der Waals surface area contributed by atoms with Gasteiger partial charge in [-0.05, 0) is 61.9 Å². The molecule has 0 saturated heterocycles. The first-order chi connectivity index (χ1) is 17.8. The molecule has 1 fully saturated rings. The number of aromatic nitrogens is 2. The molecule has 5 rings (SSSR count). The molecule has 1 aliphatic carbocycles. The number of nitrogens with one attached hydrogen (secondary N) is 2. The summed E-state index contributed by atoms with van der Waals surface area (Å²) in [6, 6.07) is 11.0. The number of aryl methyl sites for hydroxylation is 1. The van der Waals surface area contributed by atoms with E-state index in [0.717, 1.165) is 54.3 Å². The third-order valence-corrected chi connectivity index (χ3v) is 8.62. The largest absolute Gasteiger partial charge is 0.351 e. The molecule has 1 aliphatic heterocycles. The Labute approximate surface area is 221 Å². The first kappa shape index (κ1) is 25.4. The van der Waals surface area contributed by atoms with Crippen molar-refractivity contribution in [3.8, 4) is 0 Å². The van der Waals surface area contributed by atoms with E-state index in [1.54, 1.807) is 24.4 Å². The van der Waals surface area contributed by atoms with E-state index in [2.05, 4.69) is 33.0 Å². The lowest BCUT2D eigenvalue weighted by Crippen LogP contribution is -2.39. The fraction of sp³-hybridized carbons (Fsp3) is 0.346. The number of amidine groups is 1. The predicted octanol–water partition coefficient (Wildman–Crippen LogP) is 4.20. The molecule has 194 valence electrons. The highest BCUT2D eigenvalue weighted by atomic mass is 35.5. The van der Waals surface area contributed by atoms with Gasteiger partial charge in [0, 0.05) is 41.8 Å². The van der Waals surface area contributed by atoms with Crippen LogP contribution in [0.3, 0.4) is 0 Å². The molecule has 2 aromatic carbocycles. The Balaban J connectivity index is 1.35. The van der Waals surface area contributed by atoms with Crippen LogP contribution >= 0.6 is 11.6 Å². The highest BCUT2D eigenvalue weighted by Crippen LogP contribution is 2.28. The number of rotatable bonds is 6. The average molecular weight is 540 g/mol. The Morgan fingerprint density at radius 3 is 2.70 bits per heavy atom. The van der Waals surface area contributed by atoms with E-state index in [0.29, 0.717) is 23.9 Å². The maximum atomic E-state index is 12.9. The molecule has 0 spiro atoms. The minimum Gasteiger partial charge on any atom is -0.351 e. The second kappa shape index (κ2) is 10.6. The normalized spacial score (nSPS) is 20.1. The van der Waals surface area contributed by atoms with Gasteiger partial charge in [-0.1, -0.05) is 30.7 Å². The number of nitrogens with zero attached hydrogens (tertiary/aromatic N) is 4. The molecule has 0 unspecified atom stereocenters. The number of hydrogen-bond donors (Lipinski definition) is 3. The van der Waals surface area contributed by atoms with Crippen molar-refractivity contribution in [1.82, 2.24) is 14.7 Å². The summed E-state index contributed by atoms with van der Waals surface area (Å²) < 4.78 is 28.3. The highest BCUT2D eigenvalue weighted by Gasteiger charge is 2.23. The van der Waals surface area contributed by atoms with Crippen LogP contribution in [0.25, 0.3) is 10.9 Å². The number of sulfonamides is 1. The predicted molar refractivity (Wildman–Crippen MR) is 148 cm³/mol. The number of fused-ring (bicyclic) bond motifs is 1. The zero-order chi connectivity index (χ0) is 26.0. The molecule has 0 atom stereocenters. The monoisotopic (exact) mass is 539 g/mol. The molecule has 2 heterocycles. The summed E-state index contributed by atoms with van der Waals surface area (Å²) in [5.74, 6) is 0.931. The van der Waals surface area contributed by atoms with Gasteiger partial charge in [-0.3, -0.25) is 4.72 Å². The first-order valence-corrected chi connectivity index (χ1v) is 14.3. The molecule has 4 N–H and O–H groups in total. The molecule has 1 aromatic heterocycles. The van der Waals surface area contributed by atoms with Crippen LogP contribution in [0.15, 0.2) is 64.9 Å². The lowest BCUT2D eigenvalue weighted by molar-refractivity contribution is 0.410. The second-order valence-corrected chi connectivity index (χ2v) is 11.4. The highest BCUT2D eigenvalue weighted by molar-refractivity contribution is 7.90. The van der Waals surface area contributed by atoms with E-state index in [1.165, 1.54) is 6.07 Å². The molecular weight excluding hydrogens is 510 g/mol. The van der Waals surface area contributed by atoms with Gasteiger partial charge in [0.15, 0.2) is 0 Å². The van der Waals surface area contributed by atoms with Gasteiger partial charge in [-0.25, -0.2) is 23.4 Å². The van der Waals surface area contributed by atoms with Crippen LogP contribution in [-0.2, 0) is 16.4 Å². The summed E-state index contributed by atoms with van der Waals surface area (Å²) in [6.45, 7) is 2.34. The fourth-order valence-corrected chi connectivity index (χ4v) is 6.28. The van der Waals surface area contributed by atoms with Crippen molar-refractivity contribution in [2.75, 3.05) is 16.8 Å². The van der Waals surface area contributed by atoms with Gasteiger partial charge in [0.25, 0.3) is 10.0 Å². The van der Waals surface area contributed by atoms with E-state index in [4.69, 9.17) is 22.3 Å². The van der Waals surface area contributed by atoms with Crippen molar-refractivity contribution >= 4 is 50.0 Å². The summed E-state index contributed by atoms with van der Waals surface area (Å²) >= 11 is 6.11. The quantitative estimate of drug-likeness (QED) is 0.428. The summed E-state index contributed by atoms with van der Waals surface area (Å²) in [6.07, 6.45) is 10.1. The lowest BCUT2D eigenvalue weighted by atomic mass is 9.92. The standard InChI is InChI=1S/C26H30ClN7O2S/c1-2-17-13-21(14-18-15-30-26(32-25(17)18)31-20-9-7-19(28)8-10-20)34-12-11-29-24(16-34)33-37(35,36)23-6-4-3-5-22(23)27/h3-6,11-15,19-20H,2,7-10,16,28H2,1H3,(H,29,33)(H,30,31,32). The molecule has 1 saturated carbocycles. The molecule has 0 radical (unpaired) electrons. The Morgan fingerprint density at radius 1 is 1.16 bits per heavy atom. The van der Waals surface area contributed by atoms with Crippen molar-refractivity contribution in [2.24, 2.45) is 10.7 Å². The van der Waals surface area contributed by atoms with Gasteiger partial charge in [0.2, 0.25) is 5.95 Å². The topological polar surface area (TPSA) is 126 Å². The summed E-state index contributed by atoms with van der Waals surface area (Å²) in [5, 5.41) is 4.55. The van der Waals surface area contributed by atoms with E-state index in [1.807, 2.05) is 23.4 Å². The third kappa shape index (κ3) is 5.71. The Hall–Kier alpha value is -3.21. The minimum absolute atomic E-state index is 0.0112. The van der Waals surface area contributed by atoms with Crippen molar-refractivity contribution in [1.29, 1.82) is 0 Å². The number of halogens is 1. The second-order valence-electron chi connectivity index (χ2n) is 9.38. The maximum absolute atomic E-state index is 12.9. The van der Waals surface area contributed by atoms with E-state index < -0.39 is 10.0 Å². The van der Waals surface area contributed by atoms with Crippen LogP contribution in [0.4, 0.5) is 11.6 Å². The van der Waals surface area contributed by atoms with Gasteiger partial charge < -0.3 is 16.0 Å². The molecule has 0 amide bonds. The van der Waals surface area contributed by atoms with Gasteiger partial charge >= 0.3 is 0 Å². The van der Waals surface area contributed by atoms with Gasteiger partial charge in [-0.2, -0.15) is 0 Å². The van der Waals surface area contributed by atoms with Crippen molar-refractivity contribution in [2.45, 2.75) is 56.0 Å². The van der Waals surface area contributed by atoms with Crippen LogP contribution < -0.4 is 20.7 Å². The van der Waals surface area contributed by atoms with Gasteiger partial charge in [0.1, 0.15) is 10.7 Å². The summed E-state index contributed by atoms with van der Waals surface area (Å²) in [7, 11) is -3.87. The summed E-state index contributed by atoms with van der Waals surface area (Å²) in [5.41, 5.74) is 8.92. The van der Waals surface area contributed by atoms with Gasteiger partial charge in [-0.15, -0.1) is 0 Å². The van der Waals surface area contributed by atoms with E-state index in [-0.39, 0.29) is 16.5 Å². The van der Waals surface area contributed by atoms with Gasteiger partial charge in [0.05, 0.1) is 17.1 Å². The molecule has 0 bridgehead atoms. The van der Waals surface area contributed by atoms with Crippen LogP contribution in [0.2, 0.25) is 5.02 Å². The lowest BCUT2D eigenvalue weighted by Gasteiger charge is -2.27. The first-order valence-electron chi connectivity index (χ1n) is 12.4. The molecule has 37 heavy (non-hydrogen) atoms. The number of aliphatic imine (C=N–C) groups is 1. The maximum Gasteiger partial charge on any atom is 0.264 e. The Morgan fingerprint density at radius 2 is 1.95 bits per heavy atom. The minimum atomic E-state index is -3.87.